The van der Waals surface area contributed by atoms with Crippen molar-refractivity contribution in [2.24, 2.45) is 5.41 Å². The van der Waals surface area contributed by atoms with Gasteiger partial charge in [-0.3, -0.25) is 14.5 Å². The van der Waals surface area contributed by atoms with E-state index in [1.54, 1.807) is 0 Å². The molecule has 0 saturated carbocycles. The van der Waals surface area contributed by atoms with Gasteiger partial charge in [-0.15, -0.1) is 0 Å². The van der Waals surface area contributed by atoms with Crippen LogP contribution in [0.4, 0.5) is 0 Å². The summed E-state index contributed by atoms with van der Waals surface area (Å²) >= 11 is 1.13. The van der Waals surface area contributed by atoms with Gasteiger partial charge in [-0.1, -0.05) is 11.8 Å². The van der Waals surface area contributed by atoms with Crippen molar-refractivity contribution in [2.75, 3.05) is 7.11 Å². The third kappa shape index (κ3) is 1.07. The lowest BCUT2D eigenvalue weighted by Crippen LogP contribution is -2.71. The molecule has 0 radical (unpaired) electrons. The van der Waals surface area contributed by atoms with Gasteiger partial charge in [0.2, 0.25) is 5.41 Å². The lowest BCUT2D eigenvalue weighted by Gasteiger charge is -2.49. The molecule has 7 heteroatoms. The van der Waals surface area contributed by atoms with E-state index >= 15 is 0 Å². The van der Waals surface area contributed by atoms with Crippen LogP contribution in [0.2, 0.25) is 0 Å². The molecule has 2 aliphatic heterocycles. The number of aliphatic carboxylic acids is 1. The molecule has 2 N–H and O–H groups in total. The quantitative estimate of drug-likeness (QED) is 0.529. The minimum Gasteiger partial charge on any atom is -0.489 e. The second-order valence-corrected chi connectivity index (χ2v) is 4.77. The first-order valence-corrected chi connectivity index (χ1v) is 5.51. The molecule has 2 rings (SSSR count). The normalized spacial score (nSPS) is 33.9. The van der Waals surface area contributed by atoms with Crippen molar-refractivity contribution < 1.29 is 24.5 Å². The number of thioether (sulfide) groups is 1. The topological polar surface area (TPSA) is 87.1 Å². The van der Waals surface area contributed by atoms with Crippen LogP contribution in [-0.4, -0.2) is 45.6 Å². The molecule has 0 bridgehead atoms. The molecule has 1 unspecified atom stereocenters. The molecule has 2 heterocycles. The number of ether oxygens (including phenoxy) is 1. The Labute approximate surface area is 95.9 Å². The zero-order chi connectivity index (χ0) is 12.1. The molecule has 1 amide bonds. The highest BCUT2D eigenvalue weighted by Crippen LogP contribution is 2.54. The Morgan fingerprint density at radius 1 is 1.75 bits per heavy atom. The maximum Gasteiger partial charge on any atom is 0.325 e. The largest absolute Gasteiger partial charge is 0.489 e. The standard InChI is InChI=1S/C9H11NO5S/c1-4(11)9(8(13)14)6(12)10-3-5(15-2)16-7(9)10/h3-4,7,11H,1-2H3,(H,13,14)/t4?,7-,9-/m1/s1. The minimum absolute atomic E-state index is 0.474. The Bertz CT molecular complexity index is 393. The number of β-lactam (4-membered cyclic amide) rings is 1. The summed E-state index contributed by atoms with van der Waals surface area (Å²) in [6.45, 7) is 1.31. The van der Waals surface area contributed by atoms with Crippen LogP contribution in [-0.2, 0) is 14.3 Å². The molecule has 0 aromatic rings. The molecular weight excluding hydrogens is 234 g/mol. The molecular formula is C9H11NO5S. The van der Waals surface area contributed by atoms with Crippen molar-refractivity contribution in [1.82, 2.24) is 4.90 Å². The second-order valence-electron chi connectivity index (χ2n) is 3.69. The van der Waals surface area contributed by atoms with E-state index in [-0.39, 0.29) is 0 Å². The highest BCUT2D eigenvalue weighted by Gasteiger charge is 2.71. The molecule has 6 nitrogen and oxygen atoms in total. The van der Waals surface area contributed by atoms with Crippen LogP contribution in [0.15, 0.2) is 11.3 Å². The number of aliphatic hydroxyl groups is 1. The summed E-state index contributed by atoms with van der Waals surface area (Å²) in [5.74, 6) is -1.90. The number of carbonyl (C=O) groups is 2. The number of aliphatic hydroxyl groups excluding tert-OH is 1. The zero-order valence-electron chi connectivity index (χ0n) is 8.71. The maximum atomic E-state index is 11.8. The molecule has 3 atom stereocenters. The minimum atomic E-state index is -1.75. The monoisotopic (exact) mass is 245 g/mol. The first kappa shape index (κ1) is 11.3. The molecule has 1 saturated heterocycles. The lowest BCUT2D eigenvalue weighted by molar-refractivity contribution is -0.185. The number of carbonyl (C=O) groups excluding carboxylic acids is 1. The molecule has 16 heavy (non-hydrogen) atoms. The van der Waals surface area contributed by atoms with E-state index in [9.17, 15) is 14.7 Å². The van der Waals surface area contributed by atoms with E-state index in [0.29, 0.717) is 5.09 Å². The summed E-state index contributed by atoms with van der Waals surface area (Å²) in [4.78, 5) is 24.3. The average molecular weight is 245 g/mol. The highest BCUT2D eigenvalue weighted by molar-refractivity contribution is 8.03. The van der Waals surface area contributed by atoms with Gasteiger partial charge in [0.05, 0.1) is 19.4 Å². The molecule has 0 aliphatic carbocycles. The Morgan fingerprint density at radius 3 is 2.81 bits per heavy atom. The van der Waals surface area contributed by atoms with Crippen LogP contribution in [0.1, 0.15) is 6.92 Å². The molecule has 0 aromatic carbocycles. The van der Waals surface area contributed by atoms with Gasteiger partial charge in [0.25, 0.3) is 5.91 Å². The number of nitrogens with zero attached hydrogens (tertiary/aromatic N) is 1. The fourth-order valence-electron chi connectivity index (χ4n) is 1.97. The Morgan fingerprint density at radius 2 is 2.38 bits per heavy atom. The van der Waals surface area contributed by atoms with Crippen molar-refractivity contribution in [3.8, 4) is 0 Å². The molecule has 0 aromatic heterocycles. The van der Waals surface area contributed by atoms with E-state index in [4.69, 9.17) is 9.84 Å². The van der Waals surface area contributed by atoms with Gasteiger partial charge in [-0.05, 0) is 6.92 Å². The molecule has 88 valence electrons. The smallest absolute Gasteiger partial charge is 0.325 e. The number of rotatable bonds is 3. The average Bonchev–Trinajstić information content (AvgIpc) is 2.57. The third-order valence-electron chi connectivity index (χ3n) is 2.92. The van der Waals surface area contributed by atoms with Gasteiger partial charge >= 0.3 is 5.97 Å². The van der Waals surface area contributed by atoms with E-state index in [1.165, 1.54) is 25.1 Å². The van der Waals surface area contributed by atoms with Crippen LogP contribution >= 0.6 is 11.8 Å². The van der Waals surface area contributed by atoms with Crippen molar-refractivity contribution in [3.05, 3.63) is 11.3 Å². The predicted molar refractivity (Wildman–Crippen MR) is 55.1 cm³/mol. The van der Waals surface area contributed by atoms with Gasteiger partial charge in [0.15, 0.2) is 5.09 Å². The van der Waals surface area contributed by atoms with Crippen LogP contribution in [0.3, 0.4) is 0 Å². The summed E-state index contributed by atoms with van der Waals surface area (Å²) < 4.78 is 4.95. The lowest BCUT2D eigenvalue weighted by atomic mass is 9.74. The SMILES string of the molecule is COC1=CN2C(=O)[C@](C(=O)O)(C(C)O)[C@H]2S1. The number of methoxy groups -OCH3 is 1. The van der Waals surface area contributed by atoms with Gasteiger partial charge in [-0.25, -0.2) is 0 Å². The van der Waals surface area contributed by atoms with E-state index in [1.807, 2.05) is 0 Å². The summed E-state index contributed by atoms with van der Waals surface area (Å²) in [7, 11) is 1.44. The number of amides is 1. The maximum absolute atomic E-state index is 11.8. The fourth-order valence-corrected chi connectivity index (χ4v) is 3.32. The zero-order valence-corrected chi connectivity index (χ0v) is 9.52. The third-order valence-corrected chi connectivity index (χ3v) is 4.24. The fraction of sp³-hybridized carbons (Fsp3) is 0.556. The van der Waals surface area contributed by atoms with Crippen LogP contribution < -0.4 is 0 Å². The van der Waals surface area contributed by atoms with Crippen molar-refractivity contribution >= 4 is 23.6 Å². The number of fused-ring (bicyclic) bond motifs is 1. The van der Waals surface area contributed by atoms with Gasteiger partial charge < -0.3 is 14.9 Å². The predicted octanol–water partition coefficient (Wildman–Crippen LogP) is -0.201. The Hall–Kier alpha value is -1.21. The van der Waals surface area contributed by atoms with Crippen LogP contribution in [0, 0.1) is 5.41 Å². The molecule has 1 fully saturated rings. The van der Waals surface area contributed by atoms with Crippen molar-refractivity contribution in [1.29, 1.82) is 0 Å². The first-order chi connectivity index (χ1) is 7.46. The Kier molecular flexibility index (Phi) is 2.39. The number of carboxylic acids is 1. The van der Waals surface area contributed by atoms with Gasteiger partial charge in [-0.2, -0.15) is 0 Å². The molecule has 2 aliphatic rings. The van der Waals surface area contributed by atoms with E-state index in [2.05, 4.69) is 0 Å². The number of hydrogen-bond donors (Lipinski definition) is 2. The Balaban J connectivity index is 2.34. The summed E-state index contributed by atoms with van der Waals surface area (Å²) in [6.07, 6.45) is 0.220. The summed E-state index contributed by atoms with van der Waals surface area (Å²) in [5, 5.41) is 18.6. The number of carboxylic acid groups (broad SMARTS) is 1. The molecule has 0 spiro atoms. The van der Waals surface area contributed by atoms with Crippen LogP contribution in [0.5, 0.6) is 0 Å². The van der Waals surface area contributed by atoms with Gasteiger partial charge in [0, 0.05) is 0 Å². The highest BCUT2D eigenvalue weighted by atomic mass is 32.2. The first-order valence-electron chi connectivity index (χ1n) is 4.63. The van der Waals surface area contributed by atoms with Crippen molar-refractivity contribution in [2.45, 2.75) is 18.4 Å². The second kappa shape index (κ2) is 3.39. The van der Waals surface area contributed by atoms with Crippen molar-refractivity contribution in [3.63, 3.8) is 0 Å². The van der Waals surface area contributed by atoms with E-state index < -0.39 is 28.8 Å². The van der Waals surface area contributed by atoms with Crippen LogP contribution in [0.25, 0.3) is 0 Å². The van der Waals surface area contributed by atoms with Gasteiger partial charge in [0.1, 0.15) is 5.37 Å². The number of hydrogen-bond acceptors (Lipinski definition) is 5. The van der Waals surface area contributed by atoms with E-state index in [0.717, 1.165) is 11.8 Å². The summed E-state index contributed by atoms with van der Waals surface area (Å²) in [6, 6.07) is 0. The summed E-state index contributed by atoms with van der Waals surface area (Å²) in [5.41, 5.74) is -1.75.